The maximum atomic E-state index is 12.8. The molecule has 0 fully saturated rings. The Hall–Kier alpha value is -4.27. The first-order valence-corrected chi connectivity index (χ1v) is 16.6. The Morgan fingerprint density at radius 3 is 1.36 bits per heavy atom. The largest absolute Gasteiger partial charge is 0.508 e. The van der Waals surface area contributed by atoms with Crippen LogP contribution in [0.15, 0.2) is 60.0 Å². The van der Waals surface area contributed by atoms with Crippen LogP contribution in [0.25, 0.3) is 9.81 Å². The van der Waals surface area contributed by atoms with Crippen LogP contribution < -0.4 is 0 Å². The molecule has 0 aromatic heterocycles. The second-order valence-electron chi connectivity index (χ2n) is 11.3. The van der Waals surface area contributed by atoms with Crippen LogP contribution in [-0.2, 0) is 64.8 Å². The van der Waals surface area contributed by atoms with Crippen LogP contribution in [0.5, 0.6) is 0 Å². The number of benzene rings is 2. The summed E-state index contributed by atoms with van der Waals surface area (Å²) in [6.45, 7) is 8.70. The third-order valence-corrected chi connectivity index (χ3v) is 9.23. The molecule has 0 aliphatic carbocycles. The molecule has 2 aliphatic heterocycles. The highest BCUT2D eigenvalue weighted by Crippen LogP contribution is 2.45. The summed E-state index contributed by atoms with van der Waals surface area (Å²) >= 11 is 0. The molecule has 20 heteroatoms. The van der Waals surface area contributed by atoms with E-state index in [4.69, 9.17) is 13.1 Å². The Morgan fingerprint density at radius 1 is 0.660 bits per heavy atom. The number of alkyl halides is 6. The molecule has 4 rings (SSSR count). The second kappa shape index (κ2) is 14.5. The van der Waals surface area contributed by atoms with Gasteiger partial charge in [-0.15, -0.1) is 0 Å². The Balaban J connectivity index is 0.000000294. The molecule has 50 heavy (non-hydrogen) atoms. The van der Waals surface area contributed by atoms with E-state index in [0.717, 1.165) is 31.2 Å². The highest BCUT2D eigenvalue weighted by atomic mass is 32.2. The smallest absolute Gasteiger partial charge is 0.416 e. The first kappa shape index (κ1) is 41.9. The number of esters is 3. The van der Waals surface area contributed by atoms with E-state index in [-0.39, 0.29) is 16.9 Å². The van der Waals surface area contributed by atoms with Crippen molar-refractivity contribution in [2.75, 3.05) is 0 Å². The Labute approximate surface area is 282 Å². The molecule has 2 heterocycles. The lowest BCUT2D eigenvalue weighted by atomic mass is 10.0. The summed E-state index contributed by atoms with van der Waals surface area (Å²) in [5, 5.41) is 9.89. The summed E-state index contributed by atoms with van der Waals surface area (Å²) in [6.07, 6.45) is -9.25. The van der Waals surface area contributed by atoms with E-state index in [1.54, 1.807) is 0 Å². The van der Waals surface area contributed by atoms with Gasteiger partial charge < -0.3 is 14.6 Å². The SMILES string of the molecule is CC(=O)OC(C)=O.CC(=O)OC1=C(c2cccc(C(F)(F)F)c2)S(=O)(=O)OC1(C)C.CC1(C)OS(=O)(=O)C(c2cccc(C(F)(F)F)c2)=C1O. The zero-order valence-electron chi connectivity index (χ0n) is 27.1. The average molecular weight is 761 g/mol. The average Bonchev–Trinajstić information content (AvgIpc) is 3.20. The minimum absolute atomic E-state index is 0.261. The van der Waals surface area contributed by atoms with Gasteiger partial charge in [-0.05, 0) is 63.1 Å². The number of aliphatic hydroxyl groups excluding tert-OH is 1. The van der Waals surface area contributed by atoms with Crippen molar-refractivity contribution in [2.24, 2.45) is 0 Å². The van der Waals surface area contributed by atoms with Gasteiger partial charge >= 0.3 is 50.5 Å². The van der Waals surface area contributed by atoms with Gasteiger partial charge in [0.25, 0.3) is 0 Å². The fourth-order valence-corrected chi connectivity index (χ4v) is 7.48. The van der Waals surface area contributed by atoms with Gasteiger partial charge in [-0.3, -0.25) is 22.7 Å². The lowest BCUT2D eigenvalue weighted by Crippen LogP contribution is -2.25. The molecule has 0 bridgehead atoms. The maximum Gasteiger partial charge on any atom is 0.416 e. The van der Waals surface area contributed by atoms with E-state index >= 15 is 0 Å². The van der Waals surface area contributed by atoms with Gasteiger partial charge in [0.2, 0.25) is 0 Å². The molecular formula is C30H30F6O12S2. The van der Waals surface area contributed by atoms with Gasteiger partial charge in [-0.25, -0.2) is 0 Å². The highest BCUT2D eigenvalue weighted by Gasteiger charge is 2.48. The third kappa shape index (κ3) is 10.4. The molecule has 0 atom stereocenters. The van der Waals surface area contributed by atoms with Crippen molar-refractivity contribution in [3.05, 3.63) is 82.3 Å². The summed E-state index contributed by atoms with van der Waals surface area (Å²) in [4.78, 5) is 29.6. The molecule has 0 saturated carbocycles. The van der Waals surface area contributed by atoms with E-state index in [1.807, 2.05) is 0 Å². The van der Waals surface area contributed by atoms with Crippen LogP contribution >= 0.6 is 0 Å². The Morgan fingerprint density at radius 2 is 1.04 bits per heavy atom. The summed E-state index contributed by atoms with van der Waals surface area (Å²) in [7, 11) is -8.67. The molecule has 0 saturated heterocycles. The molecule has 2 aromatic carbocycles. The first-order chi connectivity index (χ1) is 22.4. The molecule has 0 unspecified atom stereocenters. The van der Waals surface area contributed by atoms with Gasteiger partial charge in [0.1, 0.15) is 26.8 Å². The van der Waals surface area contributed by atoms with Crippen LogP contribution in [0.2, 0.25) is 0 Å². The minimum atomic E-state index is -4.64. The third-order valence-electron chi connectivity index (χ3n) is 6.11. The molecule has 2 aromatic rings. The van der Waals surface area contributed by atoms with Crippen molar-refractivity contribution in [3.63, 3.8) is 0 Å². The Bertz CT molecular complexity index is 1950. The number of carbonyl (C=O) groups is 3. The minimum Gasteiger partial charge on any atom is -0.508 e. The topological polar surface area (TPSA) is 177 Å². The fourth-order valence-electron chi connectivity index (χ4n) is 4.23. The van der Waals surface area contributed by atoms with Crippen LogP contribution in [0.4, 0.5) is 26.3 Å². The zero-order chi connectivity index (χ0) is 38.8. The Kier molecular flexibility index (Phi) is 12.2. The summed E-state index contributed by atoms with van der Waals surface area (Å²) in [5.74, 6) is -2.89. The predicted octanol–water partition coefficient (Wildman–Crippen LogP) is 6.24. The molecule has 0 radical (unpaired) electrons. The predicted molar refractivity (Wildman–Crippen MR) is 162 cm³/mol. The zero-order valence-corrected chi connectivity index (χ0v) is 28.8. The van der Waals surface area contributed by atoms with E-state index in [2.05, 4.69) is 4.74 Å². The number of aliphatic hydroxyl groups is 1. The quantitative estimate of drug-likeness (QED) is 0.162. The number of ether oxygens (including phenoxy) is 2. The molecule has 12 nitrogen and oxygen atoms in total. The van der Waals surface area contributed by atoms with Crippen LogP contribution in [0, 0.1) is 0 Å². The summed E-state index contributed by atoms with van der Waals surface area (Å²) in [5.41, 5.74) is -5.56. The monoisotopic (exact) mass is 760 g/mol. The summed E-state index contributed by atoms with van der Waals surface area (Å²) in [6, 6.07) is 7.43. The lowest BCUT2D eigenvalue weighted by Gasteiger charge is -2.18. The standard InChI is InChI=1S/C14H13F3O5S.C12H11F3O4S.C4H6O3/c1-8(18)21-12-11(23(19,20)22-13(12,2)3)9-5-4-6-10(7-9)14(15,16)17;1-11(2)10(16)9(20(17,18)19-11)7-4-3-5-8(6-7)12(13,14)15;1-3(5)7-4(2)6/h4-7H,1-3H3;3-6,16H,1-2H3;1-2H3. The van der Waals surface area contributed by atoms with Crippen molar-refractivity contribution in [2.45, 2.75) is 72.0 Å². The van der Waals surface area contributed by atoms with Gasteiger partial charge in [0.05, 0.1) is 11.1 Å². The molecule has 2 aliphatic rings. The van der Waals surface area contributed by atoms with E-state index in [1.165, 1.54) is 53.7 Å². The summed E-state index contributed by atoms with van der Waals surface area (Å²) < 4.78 is 143. The molecule has 0 amide bonds. The van der Waals surface area contributed by atoms with Crippen molar-refractivity contribution in [1.82, 2.24) is 0 Å². The van der Waals surface area contributed by atoms with Crippen LogP contribution in [0.1, 0.15) is 70.7 Å². The van der Waals surface area contributed by atoms with Crippen molar-refractivity contribution >= 4 is 48.0 Å². The lowest BCUT2D eigenvalue weighted by molar-refractivity contribution is -0.156. The van der Waals surface area contributed by atoms with Crippen molar-refractivity contribution in [1.29, 1.82) is 0 Å². The number of rotatable bonds is 3. The number of carbonyl (C=O) groups excluding carboxylic acids is 3. The molecular weight excluding hydrogens is 730 g/mol. The van der Waals surface area contributed by atoms with Crippen LogP contribution in [-0.4, -0.2) is 51.1 Å². The van der Waals surface area contributed by atoms with Gasteiger partial charge in [0.15, 0.2) is 5.76 Å². The molecule has 276 valence electrons. The van der Waals surface area contributed by atoms with E-state index in [0.29, 0.717) is 12.1 Å². The van der Waals surface area contributed by atoms with Crippen molar-refractivity contribution in [3.8, 4) is 0 Å². The van der Waals surface area contributed by atoms with Gasteiger partial charge in [-0.2, -0.15) is 43.2 Å². The first-order valence-electron chi connectivity index (χ1n) is 13.7. The van der Waals surface area contributed by atoms with E-state index in [9.17, 15) is 62.7 Å². The van der Waals surface area contributed by atoms with E-state index < -0.39 is 88.4 Å². The fraction of sp³-hybridized carbons (Fsp3) is 0.367. The molecule has 1 N–H and O–H groups in total. The number of hydrogen-bond donors (Lipinski definition) is 1. The van der Waals surface area contributed by atoms with Crippen molar-refractivity contribution < 1.29 is 80.5 Å². The maximum absolute atomic E-state index is 12.8. The molecule has 0 spiro atoms. The van der Waals surface area contributed by atoms with Gasteiger partial charge in [-0.1, -0.05) is 24.3 Å². The van der Waals surface area contributed by atoms with Gasteiger partial charge in [0, 0.05) is 20.8 Å². The number of halogens is 6. The normalized spacial score (nSPS) is 18.7. The second-order valence-corrected chi connectivity index (χ2v) is 14.2. The highest BCUT2D eigenvalue weighted by molar-refractivity contribution is 7.97. The van der Waals surface area contributed by atoms with Crippen LogP contribution in [0.3, 0.4) is 0 Å². The number of hydrogen-bond acceptors (Lipinski definition) is 12.